The van der Waals surface area contributed by atoms with E-state index in [1.807, 2.05) is 0 Å². The summed E-state index contributed by atoms with van der Waals surface area (Å²) >= 11 is 5.97. The molecule has 0 heterocycles. The Morgan fingerprint density at radius 2 is 2.28 bits per heavy atom. The SMILES string of the molecule is COc1c(Cl)ccc(F)c1C(CC(=O)O)C1CC1. The molecule has 1 unspecified atom stereocenters. The molecule has 0 spiro atoms. The molecule has 1 saturated carbocycles. The minimum atomic E-state index is -0.937. The van der Waals surface area contributed by atoms with Crippen molar-refractivity contribution in [2.24, 2.45) is 5.92 Å². The monoisotopic (exact) mass is 272 g/mol. The minimum Gasteiger partial charge on any atom is -0.495 e. The van der Waals surface area contributed by atoms with E-state index in [0.29, 0.717) is 10.6 Å². The van der Waals surface area contributed by atoms with Crippen molar-refractivity contribution in [3.63, 3.8) is 0 Å². The third-order valence-corrected chi connectivity index (χ3v) is 3.55. The zero-order valence-electron chi connectivity index (χ0n) is 9.95. The highest BCUT2D eigenvalue weighted by atomic mass is 35.5. The largest absolute Gasteiger partial charge is 0.495 e. The van der Waals surface area contributed by atoms with Gasteiger partial charge in [-0.1, -0.05) is 11.6 Å². The Balaban J connectivity index is 2.45. The number of carbonyl (C=O) groups is 1. The Morgan fingerprint density at radius 3 is 2.78 bits per heavy atom. The fourth-order valence-electron chi connectivity index (χ4n) is 2.29. The minimum absolute atomic E-state index is 0.0989. The van der Waals surface area contributed by atoms with E-state index in [2.05, 4.69) is 0 Å². The van der Waals surface area contributed by atoms with Crippen molar-refractivity contribution in [3.05, 3.63) is 28.5 Å². The van der Waals surface area contributed by atoms with Gasteiger partial charge in [0, 0.05) is 11.5 Å². The first-order chi connectivity index (χ1) is 8.54. The lowest BCUT2D eigenvalue weighted by Gasteiger charge is -2.19. The Morgan fingerprint density at radius 1 is 1.61 bits per heavy atom. The second-order valence-electron chi connectivity index (χ2n) is 4.52. The average Bonchev–Trinajstić information content (AvgIpc) is 3.13. The lowest BCUT2D eigenvalue weighted by atomic mass is 9.90. The summed E-state index contributed by atoms with van der Waals surface area (Å²) in [5.74, 6) is -1.28. The third kappa shape index (κ3) is 2.58. The number of ether oxygens (including phenoxy) is 1. The summed E-state index contributed by atoms with van der Waals surface area (Å²) in [4.78, 5) is 10.9. The van der Waals surface area contributed by atoms with Crippen LogP contribution >= 0.6 is 11.6 Å². The topological polar surface area (TPSA) is 46.5 Å². The van der Waals surface area contributed by atoms with Crippen LogP contribution in [-0.4, -0.2) is 18.2 Å². The molecule has 0 aromatic heterocycles. The molecule has 0 bridgehead atoms. The van der Waals surface area contributed by atoms with E-state index < -0.39 is 11.8 Å². The molecular weight excluding hydrogens is 259 g/mol. The molecule has 1 N–H and O–H groups in total. The molecule has 5 heteroatoms. The first-order valence-corrected chi connectivity index (χ1v) is 6.16. The van der Waals surface area contributed by atoms with Crippen LogP contribution in [0.5, 0.6) is 5.75 Å². The number of hydrogen-bond donors (Lipinski definition) is 1. The van der Waals surface area contributed by atoms with Gasteiger partial charge in [0.1, 0.15) is 11.6 Å². The van der Waals surface area contributed by atoms with Gasteiger partial charge in [0.05, 0.1) is 18.6 Å². The summed E-state index contributed by atoms with van der Waals surface area (Å²) in [5.41, 5.74) is 0.301. The zero-order chi connectivity index (χ0) is 13.3. The van der Waals surface area contributed by atoms with Crippen LogP contribution in [0.1, 0.15) is 30.7 Å². The summed E-state index contributed by atoms with van der Waals surface area (Å²) < 4.78 is 19.1. The maximum Gasteiger partial charge on any atom is 0.303 e. The van der Waals surface area contributed by atoms with Crippen LogP contribution in [0.3, 0.4) is 0 Å². The van der Waals surface area contributed by atoms with E-state index in [-0.39, 0.29) is 24.0 Å². The van der Waals surface area contributed by atoms with Crippen LogP contribution in [0.4, 0.5) is 4.39 Å². The van der Waals surface area contributed by atoms with Crippen LogP contribution in [0.25, 0.3) is 0 Å². The number of aliphatic carboxylic acids is 1. The standard InChI is InChI=1S/C13H14ClFO3/c1-18-13-9(14)4-5-10(15)12(13)8(6-11(16)17)7-2-3-7/h4-5,7-8H,2-3,6H2,1H3,(H,16,17). The van der Waals surface area contributed by atoms with Gasteiger partial charge in [-0.05, 0) is 30.9 Å². The molecule has 1 atom stereocenters. The maximum absolute atomic E-state index is 14.0. The molecule has 1 aromatic rings. The van der Waals surface area contributed by atoms with Gasteiger partial charge in [-0.3, -0.25) is 4.79 Å². The van der Waals surface area contributed by atoms with Crippen LogP contribution in [0.2, 0.25) is 5.02 Å². The molecule has 0 aliphatic heterocycles. The van der Waals surface area contributed by atoms with Gasteiger partial charge in [0.2, 0.25) is 0 Å². The van der Waals surface area contributed by atoms with Gasteiger partial charge in [-0.25, -0.2) is 4.39 Å². The highest BCUT2D eigenvalue weighted by Gasteiger charge is 2.37. The van der Waals surface area contributed by atoms with E-state index in [0.717, 1.165) is 12.8 Å². The predicted molar refractivity (Wildman–Crippen MR) is 65.7 cm³/mol. The summed E-state index contributed by atoms with van der Waals surface area (Å²) in [6.45, 7) is 0. The van der Waals surface area contributed by atoms with Crippen LogP contribution in [-0.2, 0) is 4.79 Å². The van der Waals surface area contributed by atoms with Crippen molar-refractivity contribution >= 4 is 17.6 Å². The average molecular weight is 273 g/mol. The van der Waals surface area contributed by atoms with Crippen LogP contribution in [0.15, 0.2) is 12.1 Å². The molecule has 3 nitrogen and oxygen atoms in total. The fourth-order valence-corrected chi connectivity index (χ4v) is 2.53. The van der Waals surface area contributed by atoms with Crippen LogP contribution in [0, 0.1) is 11.7 Å². The predicted octanol–water partition coefficient (Wildman–Crippen LogP) is 3.46. The van der Waals surface area contributed by atoms with Crippen molar-refractivity contribution < 1.29 is 19.0 Å². The van der Waals surface area contributed by atoms with Crippen molar-refractivity contribution in [1.29, 1.82) is 0 Å². The molecule has 1 aromatic carbocycles. The Labute approximate surface area is 110 Å². The number of methoxy groups -OCH3 is 1. The van der Waals surface area contributed by atoms with Crippen molar-refractivity contribution in [2.75, 3.05) is 7.11 Å². The van der Waals surface area contributed by atoms with Gasteiger partial charge in [-0.15, -0.1) is 0 Å². The lowest BCUT2D eigenvalue weighted by Crippen LogP contribution is -2.12. The molecule has 2 rings (SSSR count). The highest BCUT2D eigenvalue weighted by Crippen LogP contribution is 2.49. The third-order valence-electron chi connectivity index (χ3n) is 3.26. The lowest BCUT2D eigenvalue weighted by molar-refractivity contribution is -0.137. The van der Waals surface area contributed by atoms with Crippen molar-refractivity contribution in [1.82, 2.24) is 0 Å². The fraction of sp³-hybridized carbons (Fsp3) is 0.462. The van der Waals surface area contributed by atoms with Gasteiger partial charge < -0.3 is 9.84 Å². The number of rotatable bonds is 5. The van der Waals surface area contributed by atoms with E-state index in [4.69, 9.17) is 21.4 Å². The van der Waals surface area contributed by atoms with Crippen molar-refractivity contribution in [3.8, 4) is 5.75 Å². The zero-order valence-corrected chi connectivity index (χ0v) is 10.7. The summed E-state index contributed by atoms with van der Waals surface area (Å²) in [6.07, 6.45) is 1.75. The number of carboxylic acids is 1. The number of halogens is 2. The molecule has 0 radical (unpaired) electrons. The molecule has 1 fully saturated rings. The second kappa shape index (κ2) is 5.14. The Bertz CT molecular complexity index is 472. The molecule has 1 aliphatic carbocycles. The van der Waals surface area contributed by atoms with Crippen molar-refractivity contribution in [2.45, 2.75) is 25.2 Å². The first-order valence-electron chi connectivity index (χ1n) is 5.78. The van der Waals surface area contributed by atoms with Crippen LogP contribution < -0.4 is 4.74 Å². The van der Waals surface area contributed by atoms with Gasteiger partial charge in [-0.2, -0.15) is 0 Å². The highest BCUT2D eigenvalue weighted by molar-refractivity contribution is 6.32. The number of benzene rings is 1. The summed E-state index contributed by atoms with van der Waals surface area (Å²) in [7, 11) is 1.41. The normalized spacial score (nSPS) is 16.4. The molecule has 18 heavy (non-hydrogen) atoms. The Hall–Kier alpha value is -1.29. The molecule has 0 saturated heterocycles. The molecular formula is C13H14ClFO3. The van der Waals surface area contributed by atoms with E-state index >= 15 is 0 Å². The first kappa shape index (κ1) is 13.1. The van der Waals surface area contributed by atoms with E-state index in [1.54, 1.807) is 0 Å². The quantitative estimate of drug-likeness (QED) is 0.893. The van der Waals surface area contributed by atoms with Gasteiger partial charge in [0.15, 0.2) is 0 Å². The van der Waals surface area contributed by atoms with E-state index in [9.17, 15) is 9.18 Å². The molecule has 98 valence electrons. The Kier molecular flexibility index (Phi) is 3.76. The summed E-state index contributed by atoms with van der Waals surface area (Å²) in [5, 5.41) is 9.26. The molecule has 0 amide bonds. The van der Waals surface area contributed by atoms with Gasteiger partial charge >= 0.3 is 5.97 Å². The smallest absolute Gasteiger partial charge is 0.303 e. The van der Waals surface area contributed by atoms with Gasteiger partial charge in [0.25, 0.3) is 0 Å². The second-order valence-corrected chi connectivity index (χ2v) is 4.93. The number of carboxylic acid groups (broad SMARTS) is 1. The maximum atomic E-state index is 14.0. The number of hydrogen-bond acceptors (Lipinski definition) is 2. The van der Waals surface area contributed by atoms with E-state index in [1.165, 1.54) is 19.2 Å². The molecule has 1 aliphatic rings. The summed E-state index contributed by atoms with van der Waals surface area (Å²) in [6, 6.07) is 2.68.